The van der Waals surface area contributed by atoms with Crippen molar-refractivity contribution >= 4 is 11.8 Å². The number of hydrogen-bond donors (Lipinski definition) is 1. The molecule has 1 N–H and O–H groups in total. The fourth-order valence-electron chi connectivity index (χ4n) is 1.92. The van der Waals surface area contributed by atoms with Gasteiger partial charge in [-0.2, -0.15) is 4.98 Å². The molecule has 1 aliphatic heterocycles. The fraction of sp³-hybridized carbons (Fsp3) is 0.636. The molecule has 18 heavy (non-hydrogen) atoms. The molecule has 1 aliphatic rings. The number of carbonyl (C=O) groups excluding carboxylic acids is 2. The van der Waals surface area contributed by atoms with E-state index in [-0.39, 0.29) is 30.8 Å². The first-order chi connectivity index (χ1) is 8.61. The Bertz CT molecular complexity index is 432. The van der Waals surface area contributed by atoms with Gasteiger partial charge in [-0.1, -0.05) is 25.4 Å². The van der Waals surface area contributed by atoms with Crippen molar-refractivity contribution in [3.05, 3.63) is 12.2 Å². The third kappa shape index (κ3) is 2.49. The van der Waals surface area contributed by atoms with Crippen molar-refractivity contribution in [2.24, 2.45) is 5.92 Å². The summed E-state index contributed by atoms with van der Waals surface area (Å²) in [6.45, 7) is 4.18. The zero-order valence-electron chi connectivity index (χ0n) is 10.4. The van der Waals surface area contributed by atoms with E-state index in [4.69, 9.17) is 0 Å². The Kier molecular flexibility index (Phi) is 3.59. The second-order valence-corrected chi connectivity index (χ2v) is 4.47. The molecule has 0 saturated carbocycles. The number of nitrogens with one attached hydrogen (secondary N) is 1. The van der Waals surface area contributed by atoms with Gasteiger partial charge in [0.15, 0.2) is 5.82 Å². The van der Waals surface area contributed by atoms with Gasteiger partial charge in [-0.05, 0) is 5.92 Å². The Morgan fingerprint density at radius 1 is 1.61 bits per heavy atom. The molecule has 0 radical (unpaired) electrons. The van der Waals surface area contributed by atoms with Gasteiger partial charge in [-0.25, -0.2) is 0 Å². The quantitative estimate of drug-likeness (QED) is 0.811. The van der Waals surface area contributed by atoms with E-state index in [1.807, 2.05) is 13.8 Å². The van der Waals surface area contributed by atoms with E-state index < -0.39 is 6.04 Å². The monoisotopic (exact) mass is 252 g/mol. The van der Waals surface area contributed by atoms with Crippen LogP contribution >= 0.6 is 0 Å². The number of hydrogen-bond acceptors (Lipinski definition) is 5. The number of carbonyl (C=O) groups is 2. The smallest absolute Gasteiger partial charge is 0.246 e. The van der Waals surface area contributed by atoms with Crippen LogP contribution in [-0.2, 0) is 16.1 Å². The maximum absolute atomic E-state index is 12.2. The summed E-state index contributed by atoms with van der Waals surface area (Å²) >= 11 is 0. The van der Waals surface area contributed by atoms with E-state index in [0.717, 1.165) is 6.42 Å². The van der Waals surface area contributed by atoms with E-state index in [1.54, 1.807) is 0 Å². The Morgan fingerprint density at radius 2 is 2.39 bits per heavy atom. The van der Waals surface area contributed by atoms with Crippen LogP contribution in [0.2, 0.25) is 0 Å². The number of amides is 2. The molecule has 0 aromatic carbocycles. The van der Waals surface area contributed by atoms with Gasteiger partial charge >= 0.3 is 0 Å². The minimum absolute atomic E-state index is 0.0420. The van der Waals surface area contributed by atoms with Crippen molar-refractivity contribution in [1.29, 1.82) is 0 Å². The van der Waals surface area contributed by atoms with Gasteiger partial charge < -0.3 is 14.7 Å². The van der Waals surface area contributed by atoms with Gasteiger partial charge in [0.25, 0.3) is 0 Å². The molecular weight excluding hydrogens is 236 g/mol. The number of rotatable bonds is 4. The molecular formula is C11H16N4O3. The summed E-state index contributed by atoms with van der Waals surface area (Å²) < 4.78 is 4.61. The maximum atomic E-state index is 12.2. The number of aromatic nitrogens is 2. The summed E-state index contributed by atoms with van der Waals surface area (Å²) in [5, 5.41) is 6.38. The van der Waals surface area contributed by atoms with Crippen molar-refractivity contribution < 1.29 is 14.1 Å². The summed E-state index contributed by atoms with van der Waals surface area (Å²) in [6, 6.07) is -0.455. The molecule has 0 bridgehead atoms. The van der Waals surface area contributed by atoms with Gasteiger partial charge in [-0.3, -0.25) is 9.59 Å². The molecule has 1 aromatic heterocycles. The molecule has 0 spiro atoms. The molecule has 1 saturated heterocycles. The van der Waals surface area contributed by atoms with Crippen molar-refractivity contribution in [2.75, 3.05) is 6.54 Å². The molecule has 1 aromatic rings. The van der Waals surface area contributed by atoms with Crippen LogP contribution in [0.3, 0.4) is 0 Å². The molecule has 2 rings (SSSR count). The lowest BCUT2D eigenvalue weighted by atomic mass is 9.96. The van der Waals surface area contributed by atoms with Crippen molar-refractivity contribution in [2.45, 2.75) is 32.9 Å². The highest BCUT2D eigenvalue weighted by Gasteiger charge is 2.35. The minimum Gasteiger partial charge on any atom is -0.343 e. The summed E-state index contributed by atoms with van der Waals surface area (Å²) in [4.78, 5) is 29.1. The van der Waals surface area contributed by atoms with Crippen LogP contribution in [0.15, 0.2) is 10.9 Å². The van der Waals surface area contributed by atoms with Crippen LogP contribution < -0.4 is 5.32 Å². The van der Waals surface area contributed by atoms with E-state index in [0.29, 0.717) is 5.82 Å². The summed E-state index contributed by atoms with van der Waals surface area (Å²) in [5.74, 6) is 0.271. The average Bonchev–Trinajstić information content (AvgIpc) is 2.85. The first-order valence-corrected chi connectivity index (χ1v) is 5.95. The molecule has 2 amide bonds. The lowest BCUT2D eigenvalue weighted by Crippen LogP contribution is -2.59. The topological polar surface area (TPSA) is 88.3 Å². The lowest BCUT2D eigenvalue weighted by molar-refractivity contribution is -0.146. The van der Waals surface area contributed by atoms with Crippen LogP contribution in [0, 0.1) is 5.92 Å². The Morgan fingerprint density at radius 3 is 3.00 bits per heavy atom. The summed E-state index contributed by atoms with van der Waals surface area (Å²) in [5.41, 5.74) is 0. The Balaban J connectivity index is 2.10. The first-order valence-electron chi connectivity index (χ1n) is 5.95. The van der Waals surface area contributed by atoms with Gasteiger partial charge in [0.2, 0.25) is 18.2 Å². The highest BCUT2D eigenvalue weighted by Crippen LogP contribution is 2.15. The van der Waals surface area contributed by atoms with Gasteiger partial charge in [-0.15, -0.1) is 0 Å². The zero-order chi connectivity index (χ0) is 13.1. The van der Waals surface area contributed by atoms with Crippen molar-refractivity contribution in [1.82, 2.24) is 20.4 Å². The van der Waals surface area contributed by atoms with Crippen LogP contribution in [0.5, 0.6) is 0 Å². The molecule has 2 atom stereocenters. The second-order valence-electron chi connectivity index (χ2n) is 4.47. The molecule has 0 aliphatic carbocycles. The number of nitrogens with zero attached hydrogens (tertiary/aromatic N) is 3. The Hall–Kier alpha value is -1.92. The van der Waals surface area contributed by atoms with Crippen LogP contribution in [0.1, 0.15) is 26.1 Å². The largest absolute Gasteiger partial charge is 0.343 e. The standard InChI is InChI=1S/C11H16N4O3/c1-3-7(2)10-11(17)15(5-9(16)13-10)4-8-12-6-18-14-8/h6-7,10H,3-5H2,1-2H3,(H,13,16). The van der Waals surface area contributed by atoms with E-state index in [2.05, 4.69) is 20.0 Å². The molecule has 2 heterocycles. The molecule has 1 fully saturated rings. The molecule has 2 unspecified atom stereocenters. The van der Waals surface area contributed by atoms with Crippen LogP contribution in [0.25, 0.3) is 0 Å². The van der Waals surface area contributed by atoms with Crippen LogP contribution in [-0.4, -0.2) is 39.4 Å². The lowest BCUT2D eigenvalue weighted by Gasteiger charge is -2.34. The predicted molar refractivity (Wildman–Crippen MR) is 61.1 cm³/mol. The molecule has 7 nitrogen and oxygen atoms in total. The van der Waals surface area contributed by atoms with Crippen LogP contribution in [0.4, 0.5) is 0 Å². The van der Waals surface area contributed by atoms with Gasteiger partial charge in [0.05, 0.1) is 6.54 Å². The molecule has 98 valence electrons. The Labute approximate surface area is 105 Å². The number of piperazine rings is 1. The van der Waals surface area contributed by atoms with E-state index >= 15 is 0 Å². The zero-order valence-corrected chi connectivity index (χ0v) is 10.4. The minimum atomic E-state index is -0.455. The van der Waals surface area contributed by atoms with E-state index in [1.165, 1.54) is 11.3 Å². The average molecular weight is 252 g/mol. The summed E-state index contributed by atoms with van der Waals surface area (Å²) in [6.07, 6.45) is 2.03. The van der Waals surface area contributed by atoms with Crippen molar-refractivity contribution in [3.8, 4) is 0 Å². The SMILES string of the molecule is CCC(C)C1NC(=O)CN(Cc2ncon2)C1=O. The van der Waals surface area contributed by atoms with Gasteiger partial charge in [0, 0.05) is 0 Å². The first kappa shape index (κ1) is 12.5. The highest BCUT2D eigenvalue weighted by atomic mass is 16.5. The fourth-order valence-corrected chi connectivity index (χ4v) is 1.92. The third-order valence-electron chi connectivity index (χ3n) is 3.18. The highest BCUT2D eigenvalue weighted by molar-refractivity contribution is 5.94. The maximum Gasteiger partial charge on any atom is 0.246 e. The van der Waals surface area contributed by atoms with Gasteiger partial charge in [0.1, 0.15) is 12.6 Å². The summed E-state index contributed by atoms with van der Waals surface area (Å²) in [7, 11) is 0. The second kappa shape index (κ2) is 5.16. The molecule has 7 heteroatoms. The predicted octanol–water partition coefficient (Wildman–Crippen LogP) is -0.0573. The third-order valence-corrected chi connectivity index (χ3v) is 3.18. The van der Waals surface area contributed by atoms with Crippen molar-refractivity contribution in [3.63, 3.8) is 0 Å². The normalized spacial score (nSPS) is 21.9. The van der Waals surface area contributed by atoms with E-state index in [9.17, 15) is 9.59 Å².